The van der Waals surface area contributed by atoms with Crippen molar-refractivity contribution >= 4 is 23.3 Å². The number of hydrogen-bond acceptors (Lipinski definition) is 3. The number of fused-ring (bicyclic) bond motifs is 1. The van der Waals surface area contributed by atoms with Gasteiger partial charge in [0.1, 0.15) is 17.9 Å². The van der Waals surface area contributed by atoms with Gasteiger partial charge in [0.05, 0.1) is 18.3 Å². The molecular formula is C17H17N3O2. The van der Waals surface area contributed by atoms with Crippen LogP contribution in [0.15, 0.2) is 36.5 Å². The lowest BCUT2D eigenvalue weighted by Crippen LogP contribution is -2.03. The predicted octanol–water partition coefficient (Wildman–Crippen LogP) is 2.89. The normalized spacial score (nSPS) is 11.4. The topological polar surface area (TPSA) is 49.1 Å². The lowest BCUT2D eigenvalue weighted by molar-refractivity contribution is -0.104. The van der Waals surface area contributed by atoms with Crippen LogP contribution in [-0.4, -0.2) is 27.7 Å². The van der Waals surface area contributed by atoms with Gasteiger partial charge in [0.25, 0.3) is 0 Å². The van der Waals surface area contributed by atoms with Crippen molar-refractivity contribution in [1.82, 2.24) is 14.3 Å². The highest BCUT2D eigenvalue weighted by Crippen LogP contribution is 2.27. The molecule has 3 rings (SSSR count). The summed E-state index contributed by atoms with van der Waals surface area (Å²) in [6.45, 7) is 1.93. The highest BCUT2D eigenvalue weighted by Gasteiger charge is 2.14. The first-order valence-electron chi connectivity index (χ1n) is 6.96. The van der Waals surface area contributed by atoms with Gasteiger partial charge in [-0.2, -0.15) is 5.10 Å². The quantitative estimate of drug-likeness (QED) is 0.549. The second-order valence-electron chi connectivity index (χ2n) is 5.05. The van der Waals surface area contributed by atoms with Crippen molar-refractivity contribution in [1.29, 1.82) is 0 Å². The van der Waals surface area contributed by atoms with Crippen LogP contribution in [-0.2, 0) is 11.8 Å². The Labute approximate surface area is 128 Å². The van der Waals surface area contributed by atoms with Crippen molar-refractivity contribution in [2.75, 3.05) is 7.11 Å². The number of methoxy groups -OCH3 is 1. The van der Waals surface area contributed by atoms with Crippen molar-refractivity contribution < 1.29 is 9.53 Å². The number of ether oxygens (including phenoxy) is 1. The van der Waals surface area contributed by atoms with Crippen molar-refractivity contribution in [2.24, 2.45) is 7.05 Å². The Morgan fingerprint density at radius 3 is 2.82 bits per heavy atom. The van der Waals surface area contributed by atoms with E-state index in [1.54, 1.807) is 13.2 Å². The minimum atomic E-state index is 0.773. The molecule has 0 saturated heterocycles. The molecule has 5 heteroatoms. The fraction of sp³-hybridized carbons (Fsp3) is 0.176. The molecule has 3 aromatic rings. The number of carbonyl (C=O) groups is 1. The number of hydrogen-bond donors (Lipinski definition) is 0. The van der Waals surface area contributed by atoms with Gasteiger partial charge >= 0.3 is 0 Å². The first kappa shape index (κ1) is 14.1. The summed E-state index contributed by atoms with van der Waals surface area (Å²) in [7, 11) is 3.56. The van der Waals surface area contributed by atoms with Gasteiger partial charge in [-0.1, -0.05) is 0 Å². The minimum Gasteiger partial charge on any atom is -0.497 e. The van der Waals surface area contributed by atoms with E-state index in [1.807, 2.05) is 49.1 Å². The molecule has 0 radical (unpaired) electrons. The van der Waals surface area contributed by atoms with Crippen LogP contribution in [0.25, 0.3) is 22.8 Å². The van der Waals surface area contributed by atoms with Crippen LogP contribution >= 0.6 is 0 Å². The molecule has 22 heavy (non-hydrogen) atoms. The van der Waals surface area contributed by atoms with E-state index in [0.717, 1.165) is 40.0 Å². The predicted molar refractivity (Wildman–Crippen MR) is 86.4 cm³/mol. The zero-order chi connectivity index (χ0) is 15.7. The average Bonchev–Trinajstić information content (AvgIpc) is 3.04. The first-order chi connectivity index (χ1) is 10.7. The maximum atomic E-state index is 10.6. The first-order valence-corrected chi connectivity index (χ1v) is 6.96. The monoisotopic (exact) mass is 295 g/mol. The van der Waals surface area contributed by atoms with Crippen LogP contribution in [0, 0.1) is 6.92 Å². The molecule has 112 valence electrons. The Morgan fingerprint density at radius 1 is 1.27 bits per heavy atom. The van der Waals surface area contributed by atoms with Gasteiger partial charge in [0.15, 0.2) is 0 Å². The zero-order valence-corrected chi connectivity index (χ0v) is 12.8. The zero-order valence-electron chi connectivity index (χ0n) is 12.8. The fourth-order valence-corrected chi connectivity index (χ4v) is 2.71. The molecule has 0 bridgehead atoms. The summed E-state index contributed by atoms with van der Waals surface area (Å²) in [5, 5.41) is 5.55. The maximum absolute atomic E-state index is 10.6. The molecule has 0 amide bonds. The van der Waals surface area contributed by atoms with Gasteiger partial charge in [0.2, 0.25) is 0 Å². The van der Waals surface area contributed by atoms with Gasteiger partial charge in [-0.05, 0) is 43.3 Å². The standard InChI is InChI=1S/C17H17N3O2/c1-12-15(5-4-10-21)17(19(2)18-12)20-9-8-13-11-14(22-3)6-7-16(13)20/h4-11H,1-3H3/b5-4+. The summed E-state index contributed by atoms with van der Waals surface area (Å²) in [6, 6.07) is 7.98. The number of allylic oxidation sites excluding steroid dienone is 1. The minimum absolute atomic E-state index is 0.773. The number of benzene rings is 1. The van der Waals surface area contributed by atoms with Gasteiger partial charge < -0.3 is 9.30 Å². The van der Waals surface area contributed by atoms with E-state index in [-0.39, 0.29) is 0 Å². The van der Waals surface area contributed by atoms with Crippen molar-refractivity contribution in [3.8, 4) is 11.6 Å². The summed E-state index contributed by atoms with van der Waals surface area (Å²) in [4.78, 5) is 10.6. The van der Waals surface area contributed by atoms with Crippen molar-refractivity contribution in [3.63, 3.8) is 0 Å². The van der Waals surface area contributed by atoms with E-state index < -0.39 is 0 Å². The van der Waals surface area contributed by atoms with E-state index in [2.05, 4.69) is 9.67 Å². The molecule has 0 spiro atoms. The second-order valence-corrected chi connectivity index (χ2v) is 5.05. The Morgan fingerprint density at radius 2 is 2.09 bits per heavy atom. The SMILES string of the molecule is COc1ccc2c(ccn2-c2c(/C=C/C=O)c(C)nn2C)c1. The number of aldehydes is 1. The molecule has 0 atom stereocenters. The van der Waals surface area contributed by atoms with Crippen LogP contribution in [0.3, 0.4) is 0 Å². The van der Waals surface area contributed by atoms with Crippen molar-refractivity contribution in [3.05, 3.63) is 47.8 Å². The van der Waals surface area contributed by atoms with Gasteiger partial charge in [-0.15, -0.1) is 0 Å². The second kappa shape index (κ2) is 5.52. The molecule has 1 aromatic carbocycles. The van der Waals surface area contributed by atoms with Gasteiger partial charge in [-0.3, -0.25) is 9.48 Å². The summed E-state index contributed by atoms with van der Waals surface area (Å²) in [6.07, 6.45) is 6.05. The molecule has 5 nitrogen and oxygen atoms in total. The van der Waals surface area contributed by atoms with Gasteiger partial charge in [0, 0.05) is 24.2 Å². The summed E-state index contributed by atoms with van der Waals surface area (Å²) in [5.74, 6) is 1.75. The number of nitrogens with zero attached hydrogens (tertiary/aromatic N) is 3. The molecular weight excluding hydrogens is 278 g/mol. The average molecular weight is 295 g/mol. The van der Waals surface area contributed by atoms with Crippen LogP contribution in [0.5, 0.6) is 5.75 Å². The Balaban J connectivity index is 2.23. The molecule has 0 fully saturated rings. The third-order valence-electron chi connectivity index (χ3n) is 3.70. The lowest BCUT2D eigenvalue weighted by atomic mass is 10.2. The van der Waals surface area contributed by atoms with Crippen LogP contribution < -0.4 is 4.74 Å². The third-order valence-corrected chi connectivity index (χ3v) is 3.70. The Bertz CT molecular complexity index is 872. The van der Waals surface area contributed by atoms with Crippen LogP contribution in [0.2, 0.25) is 0 Å². The van der Waals surface area contributed by atoms with E-state index in [0.29, 0.717) is 0 Å². The molecule has 2 aromatic heterocycles. The smallest absolute Gasteiger partial charge is 0.142 e. The number of rotatable bonds is 4. The summed E-state index contributed by atoms with van der Waals surface area (Å²) >= 11 is 0. The van der Waals surface area contributed by atoms with E-state index in [4.69, 9.17) is 4.74 Å². The van der Waals surface area contributed by atoms with Gasteiger partial charge in [-0.25, -0.2) is 0 Å². The Hall–Kier alpha value is -2.82. The molecule has 0 aliphatic carbocycles. The van der Waals surface area contributed by atoms with E-state index in [9.17, 15) is 4.79 Å². The van der Waals surface area contributed by atoms with E-state index >= 15 is 0 Å². The fourth-order valence-electron chi connectivity index (χ4n) is 2.71. The number of carbonyl (C=O) groups excluding carboxylic acids is 1. The molecule has 0 N–H and O–H groups in total. The number of aryl methyl sites for hydroxylation is 2. The molecule has 0 aliphatic rings. The number of aromatic nitrogens is 3. The molecule has 0 unspecified atom stereocenters. The van der Waals surface area contributed by atoms with E-state index in [1.165, 1.54) is 6.08 Å². The highest BCUT2D eigenvalue weighted by molar-refractivity contribution is 5.84. The highest BCUT2D eigenvalue weighted by atomic mass is 16.5. The third kappa shape index (κ3) is 2.20. The maximum Gasteiger partial charge on any atom is 0.142 e. The molecule has 2 heterocycles. The summed E-state index contributed by atoms with van der Waals surface area (Å²) in [5.41, 5.74) is 2.87. The Kier molecular flexibility index (Phi) is 3.55. The molecule has 0 saturated carbocycles. The van der Waals surface area contributed by atoms with Crippen LogP contribution in [0.1, 0.15) is 11.3 Å². The molecule has 0 aliphatic heterocycles. The van der Waals surface area contributed by atoms with Crippen LogP contribution in [0.4, 0.5) is 0 Å². The largest absolute Gasteiger partial charge is 0.497 e. The van der Waals surface area contributed by atoms with Crippen molar-refractivity contribution in [2.45, 2.75) is 6.92 Å². The summed E-state index contributed by atoms with van der Waals surface area (Å²) < 4.78 is 9.16. The lowest BCUT2D eigenvalue weighted by Gasteiger charge is -2.08.